The number of ether oxygens (including phenoxy) is 1. The first-order valence-electron chi connectivity index (χ1n) is 9.74. The van der Waals surface area contributed by atoms with Crippen LogP contribution in [0.25, 0.3) is 0 Å². The van der Waals surface area contributed by atoms with Crippen LogP contribution >= 0.6 is 0 Å². The molecule has 158 valence electrons. The van der Waals surface area contributed by atoms with Crippen molar-refractivity contribution in [3.05, 3.63) is 64.7 Å². The molecule has 0 amide bonds. The van der Waals surface area contributed by atoms with Gasteiger partial charge in [-0.05, 0) is 62.9 Å². The molecule has 2 aromatic carbocycles. The Hall–Kier alpha value is -2.60. The lowest BCUT2D eigenvalue weighted by Crippen LogP contribution is -2.34. The SMILES string of the molecule is COc1ccc([C@H](N[C@@H](C)CC(C)=O)C2CC2)c(F)c1C(=O)c1ccc(F)cc1.[HH].[HH]. The average Bonchev–Trinajstić information content (AvgIpc) is 3.50. The van der Waals surface area contributed by atoms with Gasteiger partial charge >= 0.3 is 0 Å². The van der Waals surface area contributed by atoms with Gasteiger partial charge < -0.3 is 10.1 Å². The fourth-order valence-electron chi connectivity index (χ4n) is 3.65. The quantitative estimate of drug-likeness (QED) is 0.590. The van der Waals surface area contributed by atoms with E-state index in [1.165, 1.54) is 38.3 Å². The highest BCUT2D eigenvalue weighted by Crippen LogP contribution is 2.43. The zero-order valence-corrected chi connectivity index (χ0v) is 16.8. The van der Waals surface area contributed by atoms with E-state index < -0.39 is 17.4 Å². The second-order valence-electron chi connectivity index (χ2n) is 7.67. The summed E-state index contributed by atoms with van der Waals surface area (Å²) in [6, 6.07) is 7.79. The van der Waals surface area contributed by atoms with Crippen LogP contribution in [0.15, 0.2) is 36.4 Å². The monoisotopic (exact) mass is 405 g/mol. The van der Waals surface area contributed by atoms with E-state index >= 15 is 4.39 Å². The molecule has 0 aliphatic heterocycles. The Balaban J connectivity index is 0.00000240. The summed E-state index contributed by atoms with van der Waals surface area (Å²) in [6.45, 7) is 3.42. The van der Waals surface area contributed by atoms with Gasteiger partial charge in [-0.15, -0.1) is 0 Å². The number of carbonyl (C=O) groups is 2. The van der Waals surface area contributed by atoms with E-state index in [0.29, 0.717) is 12.0 Å². The number of benzene rings is 2. The minimum atomic E-state index is -0.641. The summed E-state index contributed by atoms with van der Waals surface area (Å²) in [5.41, 5.74) is 0.402. The van der Waals surface area contributed by atoms with Crippen molar-refractivity contribution in [3.63, 3.8) is 0 Å². The molecule has 4 nitrogen and oxygen atoms in total. The molecule has 2 aromatic rings. The summed E-state index contributed by atoms with van der Waals surface area (Å²) in [4.78, 5) is 24.4. The number of rotatable bonds is 9. The molecule has 1 N–H and O–H groups in total. The van der Waals surface area contributed by atoms with Crippen molar-refractivity contribution < 1.29 is 26.0 Å². The molecule has 1 aliphatic carbocycles. The molecule has 0 radical (unpaired) electrons. The van der Waals surface area contributed by atoms with Crippen LogP contribution in [0.1, 0.15) is 63.5 Å². The Labute approximate surface area is 172 Å². The maximum absolute atomic E-state index is 15.6. The summed E-state index contributed by atoms with van der Waals surface area (Å²) >= 11 is 0. The molecule has 1 saturated carbocycles. The zero-order chi connectivity index (χ0) is 21.1. The van der Waals surface area contributed by atoms with Gasteiger partial charge in [0.25, 0.3) is 0 Å². The van der Waals surface area contributed by atoms with Crippen molar-refractivity contribution in [2.24, 2.45) is 5.92 Å². The lowest BCUT2D eigenvalue weighted by Gasteiger charge is -2.25. The summed E-state index contributed by atoms with van der Waals surface area (Å²) in [5, 5.41) is 3.36. The molecule has 0 bridgehead atoms. The minimum Gasteiger partial charge on any atom is -0.496 e. The Kier molecular flexibility index (Phi) is 6.42. The maximum Gasteiger partial charge on any atom is 0.199 e. The summed E-state index contributed by atoms with van der Waals surface area (Å²) in [6.07, 6.45) is 2.26. The van der Waals surface area contributed by atoms with Gasteiger partial charge in [0.2, 0.25) is 0 Å². The van der Waals surface area contributed by atoms with Crippen LogP contribution in [0.3, 0.4) is 0 Å². The van der Waals surface area contributed by atoms with E-state index in [4.69, 9.17) is 4.74 Å². The van der Waals surface area contributed by atoms with Crippen molar-refractivity contribution >= 4 is 11.6 Å². The Morgan fingerprint density at radius 2 is 1.83 bits per heavy atom. The van der Waals surface area contributed by atoms with Crippen LogP contribution < -0.4 is 10.1 Å². The van der Waals surface area contributed by atoms with Gasteiger partial charge in [0.15, 0.2) is 5.78 Å². The number of hydrogen-bond acceptors (Lipinski definition) is 4. The van der Waals surface area contributed by atoms with Gasteiger partial charge in [-0.25, -0.2) is 8.78 Å². The molecule has 6 heteroatoms. The smallest absolute Gasteiger partial charge is 0.199 e. The topological polar surface area (TPSA) is 55.4 Å². The molecular formula is C23H29F2NO3. The first kappa shape index (κ1) is 21.1. The fourth-order valence-corrected chi connectivity index (χ4v) is 3.65. The number of hydrogen-bond donors (Lipinski definition) is 1. The van der Waals surface area contributed by atoms with Crippen LogP contribution in [-0.2, 0) is 4.79 Å². The third kappa shape index (κ3) is 4.88. The van der Waals surface area contributed by atoms with Crippen LogP contribution in [0.2, 0.25) is 0 Å². The third-order valence-corrected chi connectivity index (χ3v) is 5.17. The highest BCUT2D eigenvalue weighted by atomic mass is 19.1. The van der Waals surface area contributed by atoms with Crippen molar-refractivity contribution in [2.75, 3.05) is 7.11 Å². The Bertz CT molecular complexity index is 918. The van der Waals surface area contributed by atoms with Crippen molar-refractivity contribution in [1.82, 2.24) is 5.32 Å². The molecule has 0 saturated heterocycles. The second-order valence-corrected chi connectivity index (χ2v) is 7.67. The average molecular weight is 405 g/mol. The largest absolute Gasteiger partial charge is 0.496 e. The molecule has 3 rings (SSSR count). The first-order valence-corrected chi connectivity index (χ1v) is 9.74. The van der Waals surface area contributed by atoms with Crippen LogP contribution in [0.5, 0.6) is 5.75 Å². The van der Waals surface area contributed by atoms with Gasteiger partial charge in [0.05, 0.1) is 7.11 Å². The van der Waals surface area contributed by atoms with E-state index in [2.05, 4.69) is 5.32 Å². The lowest BCUT2D eigenvalue weighted by molar-refractivity contribution is -0.117. The Morgan fingerprint density at radius 3 is 2.38 bits per heavy atom. The van der Waals surface area contributed by atoms with Gasteiger partial charge in [-0.3, -0.25) is 9.59 Å². The van der Waals surface area contributed by atoms with Crippen molar-refractivity contribution in [1.29, 1.82) is 0 Å². The number of nitrogens with one attached hydrogen (secondary N) is 1. The van der Waals surface area contributed by atoms with Crippen LogP contribution in [0, 0.1) is 17.6 Å². The van der Waals surface area contributed by atoms with E-state index in [-0.39, 0.29) is 43.5 Å². The minimum absolute atomic E-state index is 0. The van der Waals surface area contributed by atoms with Crippen LogP contribution in [-0.4, -0.2) is 24.7 Å². The van der Waals surface area contributed by atoms with E-state index in [9.17, 15) is 14.0 Å². The van der Waals surface area contributed by atoms with E-state index in [1.807, 2.05) is 6.92 Å². The predicted molar refractivity (Wildman–Crippen MR) is 110 cm³/mol. The summed E-state index contributed by atoms with van der Waals surface area (Å²) in [7, 11) is 1.38. The van der Waals surface area contributed by atoms with Crippen LogP contribution in [0.4, 0.5) is 8.78 Å². The summed E-state index contributed by atoms with van der Waals surface area (Å²) < 4.78 is 34.1. The van der Waals surface area contributed by atoms with Gasteiger partial charge in [-0.2, -0.15) is 0 Å². The lowest BCUT2D eigenvalue weighted by atomic mass is 9.93. The highest BCUT2D eigenvalue weighted by molar-refractivity contribution is 6.11. The fraction of sp³-hybridized carbons (Fsp3) is 0.391. The number of Topliss-reactive ketones (excluding diaryl/α,β-unsaturated/α-hetero) is 1. The molecule has 29 heavy (non-hydrogen) atoms. The first-order chi connectivity index (χ1) is 13.8. The van der Waals surface area contributed by atoms with E-state index in [1.54, 1.807) is 12.1 Å². The highest BCUT2D eigenvalue weighted by Gasteiger charge is 2.36. The predicted octanol–water partition coefficient (Wildman–Crippen LogP) is 5.10. The van der Waals surface area contributed by atoms with E-state index in [0.717, 1.165) is 12.8 Å². The number of halogens is 2. The molecular weight excluding hydrogens is 376 g/mol. The molecule has 0 heterocycles. The molecule has 0 aromatic heterocycles. The molecule has 1 aliphatic rings. The summed E-state index contributed by atoms with van der Waals surface area (Å²) in [5.74, 6) is -1.24. The normalized spacial score (nSPS) is 15.6. The maximum atomic E-state index is 15.6. The number of methoxy groups -OCH3 is 1. The third-order valence-electron chi connectivity index (χ3n) is 5.17. The second kappa shape index (κ2) is 8.82. The van der Waals surface area contributed by atoms with Gasteiger partial charge in [0, 0.05) is 32.5 Å². The standard InChI is InChI=1S/C23H25F2NO3.2H2/c1-13(12-14(2)27)26-22(15-4-5-15)18-10-11-19(29-3)20(21(18)25)23(28)16-6-8-17(24)9-7-16;;/h6-11,13,15,22,26H,4-5,12H2,1-3H3;2*1H/t13-,22+;;/m0../s1. The zero-order valence-electron chi connectivity index (χ0n) is 16.8. The number of carbonyl (C=O) groups excluding carboxylic acids is 2. The van der Waals surface area contributed by atoms with Gasteiger partial charge in [-0.1, -0.05) is 6.07 Å². The molecule has 2 atom stereocenters. The van der Waals surface area contributed by atoms with Gasteiger partial charge in [0.1, 0.15) is 28.7 Å². The number of ketones is 2. The molecule has 0 unspecified atom stereocenters. The van der Waals surface area contributed by atoms with Crippen molar-refractivity contribution in [2.45, 2.75) is 45.2 Å². The van der Waals surface area contributed by atoms with Crippen molar-refractivity contribution in [3.8, 4) is 5.75 Å². The molecule has 0 spiro atoms. The molecule has 1 fully saturated rings. The Morgan fingerprint density at radius 1 is 1.17 bits per heavy atom.